The zero-order valence-corrected chi connectivity index (χ0v) is 34.5. The van der Waals surface area contributed by atoms with E-state index in [1.165, 1.54) is 89.9 Å². The van der Waals surface area contributed by atoms with Gasteiger partial charge in [-0.05, 0) is 51.9 Å². The van der Waals surface area contributed by atoms with Crippen LogP contribution in [0, 0.1) is 0 Å². The fourth-order valence-corrected chi connectivity index (χ4v) is 25.9. The molecule has 1 unspecified atom stereocenters. The molecule has 0 heterocycles. The van der Waals surface area contributed by atoms with Crippen LogP contribution in [0.1, 0.15) is 96.8 Å². The van der Waals surface area contributed by atoms with Crippen molar-refractivity contribution in [2.75, 3.05) is 0 Å². The first-order chi connectivity index (χ1) is 16.9. The fraction of sp³-hybridized carbons (Fsp3) is 1.00. The molecule has 0 aromatic heterocycles. The Morgan fingerprint density at radius 3 is 1.53 bits per heavy atom. The van der Waals surface area contributed by atoms with Gasteiger partial charge in [0, 0.05) is 0 Å². The molecule has 0 bridgehead atoms. The molecule has 0 rings (SSSR count). The van der Waals surface area contributed by atoms with Crippen LogP contribution in [-0.2, 0) is 24.7 Å². The molecule has 0 aliphatic rings. The number of hydrogen-bond acceptors (Lipinski definition) is 6. The highest BCUT2D eigenvalue weighted by Gasteiger charge is 2.40. The maximum atomic E-state index is 6.62. The number of unbranched alkanes of at least 4 members (excludes halogenated alkanes) is 13. The molecule has 218 valence electrons. The van der Waals surface area contributed by atoms with Gasteiger partial charge in [0.05, 0.1) is 0 Å². The first-order valence-corrected chi connectivity index (χ1v) is 28.6. The summed E-state index contributed by atoms with van der Waals surface area (Å²) in [4.78, 5) is 0. The van der Waals surface area contributed by atoms with E-state index >= 15 is 0 Å². The van der Waals surface area contributed by atoms with Crippen molar-refractivity contribution in [1.82, 2.24) is 0 Å². The SMILES string of the molecule is CCCCCCCCCCCCCCCC[SiH](O[SiH2]O[SiH2]O[SiH3])O[Si](C)(C)O[Si](C)(C)O[Si](C)(C)C. The smallest absolute Gasteiger partial charge is 0.313 e. The number of rotatable bonds is 26. The highest BCUT2D eigenvalue weighted by atomic mass is 28.5. The summed E-state index contributed by atoms with van der Waals surface area (Å²) in [6.07, 6.45) is 19.3. The molecule has 0 saturated heterocycles. The second kappa shape index (κ2) is 22.0. The summed E-state index contributed by atoms with van der Waals surface area (Å²) in [6, 6.07) is 1.05. The summed E-state index contributed by atoms with van der Waals surface area (Å²) in [5.41, 5.74) is 0. The Labute approximate surface area is 237 Å². The van der Waals surface area contributed by atoms with E-state index in [4.69, 9.17) is 24.7 Å². The van der Waals surface area contributed by atoms with Crippen molar-refractivity contribution in [3.63, 3.8) is 0 Å². The quantitative estimate of drug-likeness (QED) is 0.0955. The highest BCUT2D eigenvalue weighted by Crippen LogP contribution is 2.23. The molecule has 0 radical (unpaired) electrons. The first-order valence-electron chi connectivity index (χ1n) is 14.7. The van der Waals surface area contributed by atoms with Gasteiger partial charge in [-0.15, -0.1) is 0 Å². The normalized spacial score (nSPS) is 14.7. The van der Waals surface area contributed by atoms with Crippen LogP contribution in [0.4, 0.5) is 0 Å². The molecule has 0 spiro atoms. The maximum absolute atomic E-state index is 6.62. The van der Waals surface area contributed by atoms with E-state index in [1.807, 2.05) is 0 Å². The van der Waals surface area contributed by atoms with Gasteiger partial charge < -0.3 is 24.7 Å². The Hall–Kier alpha value is 1.28. The van der Waals surface area contributed by atoms with Gasteiger partial charge in [0.25, 0.3) is 20.0 Å². The third-order valence-electron chi connectivity index (χ3n) is 5.79. The average Bonchev–Trinajstić information content (AvgIpc) is 2.73. The topological polar surface area (TPSA) is 55.4 Å². The summed E-state index contributed by atoms with van der Waals surface area (Å²) in [5.74, 6) is 0. The van der Waals surface area contributed by atoms with Crippen LogP contribution in [0.25, 0.3) is 0 Å². The van der Waals surface area contributed by atoms with Crippen LogP contribution < -0.4 is 0 Å². The Kier molecular flexibility index (Phi) is 22.8. The molecular weight excluding hydrogens is 569 g/mol. The molecule has 13 heteroatoms. The van der Waals surface area contributed by atoms with Gasteiger partial charge >= 0.3 is 26.4 Å². The monoisotopic (exact) mass is 630 g/mol. The largest absolute Gasteiger partial charge is 0.449 e. The standard InChI is InChI=1S/C23H62O6Si7/c1-9-10-11-12-13-14-15-16-17-18-19-20-21-22-23-33(26-32-25-31-24-30)27-35(5,6)29-36(7,8)28-34(2,3)4/h33H,9-23,31-32H2,1-8,30H3. The predicted octanol–water partition coefficient (Wildman–Crippen LogP) is 5.30. The van der Waals surface area contributed by atoms with Crippen LogP contribution in [0.5, 0.6) is 0 Å². The van der Waals surface area contributed by atoms with Crippen LogP contribution in [-0.4, -0.2) is 65.2 Å². The Morgan fingerprint density at radius 1 is 0.611 bits per heavy atom. The molecule has 0 amide bonds. The van der Waals surface area contributed by atoms with Crippen molar-refractivity contribution in [3.8, 4) is 0 Å². The number of hydrogen-bond donors (Lipinski definition) is 0. The molecule has 0 aliphatic carbocycles. The van der Waals surface area contributed by atoms with E-state index in [1.54, 1.807) is 0 Å². The second-order valence-corrected chi connectivity index (χ2v) is 31.5. The van der Waals surface area contributed by atoms with Crippen LogP contribution in [0.2, 0.25) is 51.9 Å². The van der Waals surface area contributed by atoms with Crippen molar-refractivity contribution in [2.24, 2.45) is 0 Å². The lowest BCUT2D eigenvalue weighted by Crippen LogP contribution is -2.54. The first kappa shape index (κ1) is 37.3. The van der Waals surface area contributed by atoms with Crippen molar-refractivity contribution >= 4 is 65.2 Å². The predicted molar refractivity (Wildman–Crippen MR) is 174 cm³/mol. The molecule has 0 aromatic rings. The Balaban J connectivity index is 4.22. The third-order valence-corrected chi connectivity index (χ3v) is 22.6. The minimum Gasteiger partial charge on any atom is -0.449 e. The second-order valence-electron chi connectivity index (χ2n) is 11.9. The van der Waals surface area contributed by atoms with Crippen molar-refractivity contribution in [1.29, 1.82) is 0 Å². The van der Waals surface area contributed by atoms with Crippen molar-refractivity contribution in [2.45, 2.75) is 149 Å². The van der Waals surface area contributed by atoms with Gasteiger partial charge in [-0.25, -0.2) is 0 Å². The minimum atomic E-state index is -2.33. The van der Waals surface area contributed by atoms with Crippen LogP contribution >= 0.6 is 0 Å². The lowest BCUT2D eigenvalue weighted by Gasteiger charge is -2.38. The van der Waals surface area contributed by atoms with Crippen LogP contribution in [0.15, 0.2) is 0 Å². The van der Waals surface area contributed by atoms with E-state index < -0.39 is 54.7 Å². The third kappa shape index (κ3) is 25.6. The summed E-state index contributed by atoms with van der Waals surface area (Å²) in [5, 5.41) is 0. The zero-order valence-electron chi connectivity index (χ0n) is 25.5. The zero-order chi connectivity index (χ0) is 27.3. The van der Waals surface area contributed by atoms with Crippen molar-refractivity contribution < 1.29 is 24.7 Å². The van der Waals surface area contributed by atoms with E-state index in [2.05, 4.69) is 52.8 Å². The van der Waals surface area contributed by atoms with Crippen LogP contribution in [0.3, 0.4) is 0 Å². The van der Waals surface area contributed by atoms with E-state index in [0.717, 1.165) is 16.5 Å². The molecular formula is C23H62O6Si7. The maximum Gasteiger partial charge on any atom is 0.313 e. The molecule has 0 fully saturated rings. The van der Waals surface area contributed by atoms with Gasteiger partial charge in [0.15, 0.2) is 8.32 Å². The summed E-state index contributed by atoms with van der Waals surface area (Å²) in [7, 11) is -9.07. The minimum absolute atomic E-state index is 0.754. The van der Waals surface area contributed by atoms with E-state index in [9.17, 15) is 0 Å². The summed E-state index contributed by atoms with van der Waals surface area (Å²) >= 11 is 0. The van der Waals surface area contributed by atoms with Gasteiger partial charge in [-0.2, -0.15) is 0 Å². The Morgan fingerprint density at radius 2 is 1.08 bits per heavy atom. The lowest BCUT2D eigenvalue weighted by atomic mass is 10.0. The van der Waals surface area contributed by atoms with Gasteiger partial charge in [0.2, 0.25) is 0 Å². The Bertz CT molecular complexity index is 510. The average molecular weight is 631 g/mol. The lowest BCUT2D eigenvalue weighted by molar-refractivity contribution is 0.303. The molecule has 1 atom stereocenters. The van der Waals surface area contributed by atoms with Gasteiger partial charge in [-0.1, -0.05) is 96.8 Å². The molecule has 0 aliphatic heterocycles. The van der Waals surface area contributed by atoms with E-state index in [-0.39, 0.29) is 0 Å². The molecule has 6 nitrogen and oxygen atoms in total. The molecule has 0 N–H and O–H groups in total. The van der Waals surface area contributed by atoms with E-state index in [0.29, 0.717) is 0 Å². The van der Waals surface area contributed by atoms with Gasteiger partial charge in [0.1, 0.15) is 10.5 Å². The molecule has 0 aromatic carbocycles. The summed E-state index contributed by atoms with van der Waals surface area (Å²) < 4.78 is 36.8. The highest BCUT2D eigenvalue weighted by molar-refractivity contribution is 6.87. The summed E-state index contributed by atoms with van der Waals surface area (Å²) in [6.45, 7) is 17.6. The molecule has 36 heavy (non-hydrogen) atoms. The van der Waals surface area contributed by atoms with Crippen molar-refractivity contribution in [3.05, 3.63) is 0 Å². The fourth-order valence-electron chi connectivity index (χ4n) is 4.61. The van der Waals surface area contributed by atoms with Gasteiger partial charge in [-0.3, -0.25) is 0 Å². The molecule has 0 saturated carbocycles.